The smallest absolute Gasteiger partial charge is 0.343 e. The summed E-state index contributed by atoms with van der Waals surface area (Å²) in [6, 6.07) is 6.60. The van der Waals surface area contributed by atoms with E-state index in [1.54, 1.807) is 23.5 Å². The quantitative estimate of drug-likeness (QED) is 0.473. The van der Waals surface area contributed by atoms with Gasteiger partial charge in [0.2, 0.25) is 11.2 Å². The summed E-state index contributed by atoms with van der Waals surface area (Å²) in [6.07, 6.45) is 1.18. The van der Waals surface area contributed by atoms with Crippen molar-refractivity contribution in [1.82, 2.24) is 4.98 Å². The van der Waals surface area contributed by atoms with Gasteiger partial charge in [-0.25, -0.2) is 9.78 Å². The topological polar surface area (TPSA) is 69.4 Å². The molecule has 5 nitrogen and oxygen atoms in total. The summed E-state index contributed by atoms with van der Waals surface area (Å²) in [5, 5.41) is 1.97. The van der Waals surface area contributed by atoms with Gasteiger partial charge in [-0.2, -0.15) is 0 Å². The summed E-state index contributed by atoms with van der Waals surface area (Å²) in [7, 11) is 0. The highest BCUT2D eigenvalue weighted by molar-refractivity contribution is 8.00. The molecule has 3 rings (SSSR count). The van der Waals surface area contributed by atoms with Crippen LogP contribution in [-0.2, 0) is 5.75 Å². The molecule has 0 N–H and O–H groups in total. The molecule has 0 aliphatic heterocycles. The summed E-state index contributed by atoms with van der Waals surface area (Å²) < 4.78 is 11.5. The Morgan fingerprint density at radius 1 is 1.23 bits per heavy atom. The molecular formula is C19H17NO4S2. The molecular weight excluding hydrogens is 370 g/mol. The Bertz CT molecular complexity index is 1010. The van der Waals surface area contributed by atoms with Gasteiger partial charge in [0.25, 0.3) is 0 Å². The van der Waals surface area contributed by atoms with Gasteiger partial charge < -0.3 is 9.15 Å². The van der Waals surface area contributed by atoms with E-state index in [0.717, 1.165) is 21.2 Å². The molecule has 134 valence electrons. The predicted octanol–water partition coefficient (Wildman–Crippen LogP) is 4.53. The van der Waals surface area contributed by atoms with Crippen LogP contribution in [0.15, 0.2) is 49.5 Å². The van der Waals surface area contributed by atoms with E-state index in [2.05, 4.69) is 4.98 Å². The minimum atomic E-state index is -0.583. The van der Waals surface area contributed by atoms with Gasteiger partial charge in [0.1, 0.15) is 12.0 Å². The summed E-state index contributed by atoms with van der Waals surface area (Å²) in [4.78, 5) is 28.7. The van der Waals surface area contributed by atoms with E-state index >= 15 is 0 Å². The molecule has 0 bridgehead atoms. The number of carbonyl (C=O) groups is 1. The molecule has 0 amide bonds. The Kier molecular flexibility index (Phi) is 5.58. The van der Waals surface area contributed by atoms with Crippen LogP contribution in [0.25, 0.3) is 0 Å². The lowest BCUT2D eigenvalue weighted by molar-refractivity contribution is 0.0728. The second kappa shape index (κ2) is 7.88. The van der Waals surface area contributed by atoms with Crippen molar-refractivity contribution in [3.05, 3.63) is 74.3 Å². The van der Waals surface area contributed by atoms with Gasteiger partial charge in [0.15, 0.2) is 4.34 Å². The number of ether oxygens (including phenoxy) is 1. The molecule has 0 aliphatic rings. The third-order valence-electron chi connectivity index (χ3n) is 3.73. The molecule has 0 atom stereocenters. The standard InChI is InChI=1S/C19H17NO4S2/c1-11-4-5-14(6-12(11)2)18(22)24-17-8-23-15(7-16(17)21)10-26-19-20-13(3)9-25-19/h4-9H,10H2,1-3H3. The van der Waals surface area contributed by atoms with Crippen LogP contribution >= 0.6 is 23.1 Å². The predicted molar refractivity (Wildman–Crippen MR) is 102 cm³/mol. The number of aryl methyl sites for hydroxylation is 3. The fraction of sp³-hybridized carbons (Fsp3) is 0.211. The van der Waals surface area contributed by atoms with Crippen LogP contribution in [-0.4, -0.2) is 11.0 Å². The Hall–Kier alpha value is -2.38. The third kappa shape index (κ3) is 4.42. The van der Waals surface area contributed by atoms with E-state index in [9.17, 15) is 9.59 Å². The molecule has 0 fully saturated rings. The second-order valence-electron chi connectivity index (χ2n) is 5.81. The number of hydrogen-bond acceptors (Lipinski definition) is 7. The number of carbonyl (C=O) groups excluding carboxylic acids is 1. The zero-order chi connectivity index (χ0) is 18.7. The van der Waals surface area contributed by atoms with Crippen LogP contribution in [0.5, 0.6) is 5.75 Å². The van der Waals surface area contributed by atoms with Crippen molar-refractivity contribution < 1.29 is 13.9 Å². The summed E-state index contributed by atoms with van der Waals surface area (Å²) >= 11 is 3.04. The van der Waals surface area contributed by atoms with Crippen LogP contribution in [0.1, 0.15) is 32.9 Å². The van der Waals surface area contributed by atoms with Crippen molar-refractivity contribution in [2.75, 3.05) is 0 Å². The van der Waals surface area contributed by atoms with Gasteiger partial charge in [0.05, 0.1) is 11.3 Å². The lowest BCUT2D eigenvalue weighted by Gasteiger charge is -2.06. The first kappa shape index (κ1) is 18.4. The third-order valence-corrected chi connectivity index (χ3v) is 5.89. The van der Waals surface area contributed by atoms with Crippen molar-refractivity contribution in [2.45, 2.75) is 30.9 Å². The van der Waals surface area contributed by atoms with E-state index < -0.39 is 5.97 Å². The van der Waals surface area contributed by atoms with Crippen molar-refractivity contribution in [1.29, 1.82) is 0 Å². The normalized spacial score (nSPS) is 10.7. The molecule has 7 heteroatoms. The number of hydrogen-bond donors (Lipinski definition) is 0. The van der Waals surface area contributed by atoms with Gasteiger partial charge in [-0.3, -0.25) is 4.79 Å². The lowest BCUT2D eigenvalue weighted by atomic mass is 10.1. The van der Waals surface area contributed by atoms with Crippen molar-refractivity contribution in [3.63, 3.8) is 0 Å². The minimum absolute atomic E-state index is 0.118. The highest BCUT2D eigenvalue weighted by Gasteiger charge is 2.13. The molecule has 0 aliphatic carbocycles. The molecule has 2 aromatic heterocycles. The van der Waals surface area contributed by atoms with E-state index in [1.807, 2.05) is 32.2 Å². The van der Waals surface area contributed by atoms with Crippen molar-refractivity contribution >= 4 is 29.1 Å². The average molecular weight is 387 g/mol. The Balaban J connectivity index is 1.68. The average Bonchev–Trinajstić information content (AvgIpc) is 3.03. The van der Waals surface area contributed by atoms with E-state index in [4.69, 9.17) is 9.15 Å². The fourth-order valence-corrected chi connectivity index (χ4v) is 3.89. The van der Waals surface area contributed by atoms with Crippen LogP contribution < -0.4 is 10.2 Å². The number of rotatable bonds is 5. The summed E-state index contributed by atoms with van der Waals surface area (Å²) in [5.74, 6) is 0.278. The van der Waals surface area contributed by atoms with Crippen LogP contribution in [0.3, 0.4) is 0 Å². The number of esters is 1. The Morgan fingerprint density at radius 2 is 2.04 bits per heavy atom. The van der Waals surface area contributed by atoms with Crippen molar-refractivity contribution in [2.24, 2.45) is 0 Å². The first-order valence-corrected chi connectivity index (χ1v) is 9.75. The SMILES string of the molecule is Cc1csc(SCc2cc(=O)c(OC(=O)c3ccc(C)c(C)c3)co2)n1. The highest BCUT2D eigenvalue weighted by atomic mass is 32.2. The van der Waals surface area contributed by atoms with Crippen LogP contribution in [0.4, 0.5) is 0 Å². The number of aromatic nitrogens is 1. The maximum absolute atomic E-state index is 12.2. The lowest BCUT2D eigenvalue weighted by Crippen LogP contribution is -2.15. The Morgan fingerprint density at radius 3 is 2.69 bits per heavy atom. The first-order chi connectivity index (χ1) is 12.4. The van der Waals surface area contributed by atoms with Gasteiger partial charge in [0, 0.05) is 17.1 Å². The van der Waals surface area contributed by atoms with Crippen molar-refractivity contribution in [3.8, 4) is 5.75 Å². The van der Waals surface area contributed by atoms with Crippen LogP contribution in [0.2, 0.25) is 0 Å². The number of benzene rings is 1. The molecule has 0 radical (unpaired) electrons. The van der Waals surface area contributed by atoms with Gasteiger partial charge in [-0.05, 0) is 44.0 Å². The van der Waals surface area contributed by atoms with Gasteiger partial charge in [-0.1, -0.05) is 17.8 Å². The van der Waals surface area contributed by atoms with Gasteiger partial charge >= 0.3 is 5.97 Å². The Labute approximate surface area is 159 Å². The van der Waals surface area contributed by atoms with Crippen LogP contribution in [0, 0.1) is 20.8 Å². The second-order valence-corrected chi connectivity index (χ2v) is 7.89. The molecule has 3 aromatic rings. The minimum Gasteiger partial charge on any atom is -0.464 e. The fourth-order valence-electron chi connectivity index (χ4n) is 2.15. The maximum atomic E-state index is 12.2. The maximum Gasteiger partial charge on any atom is 0.343 e. The van der Waals surface area contributed by atoms with E-state index in [-0.39, 0.29) is 11.2 Å². The largest absolute Gasteiger partial charge is 0.464 e. The van der Waals surface area contributed by atoms with E-state index in [0.29, 0.717) is 17.1 Å². The number of thiazole rings is 1. The zero-order valence-electron chi connectivity index (χ0n) is 14.6. The summed E-state index contributed by atoms with van der Waals surface area (Å²) in [6.45, 7) is 5.80. The number of thioether (sulfide) groups is 1. The molecule has 1 aromatic carbocycles. The monoisotopic (exact) mass is 387 g/mol. The van der Waals surface area contributed by atoms with Gasteiger partial charge in [-0.15, -0.1) is 11.3 Å². The summed E-state index contributed by atoms with van der Waals surface area (Å²) in [5.41, 5.74) is 3.04. The molecule has 2 heterocycles. The molecule has 0 saturated carbocycles. The molecule has 0 saturated heterocycles. The zero-order valence-corrected chi connectivity index (χ0v) is 16.2. The molecule has 0 spiro atoms. The highest BCUT2D eigenvalue weighted by Crippen LogP contribution is 2.26. The first-order valence-electron chi connectivity index (χ1n) is 7.88. The van der Waals surface area contributed by atoms with E-state index in [1.165, 1.54) is 24.1 Å². The molecule has 26 heavy (non-hydrogen) atoms. The number of nitrogens with zero attached hydrogens (tertiary/aromatic N) is 1. The molecule has 0 unspecified atom stereocenters.